The lowest BCUT2D eigenvalue weighted by molar-refractivity contribution is -0.158. The standard InChI is InChI=1S/C24H38N4O6.C10H13N3O2.C7H8/c1-16(2)25-22(31)18-8-4-5-12-28(18)23(32)19-9-7-13-27(19)21(30)14-17(3)34-24(33)20-10-6-11-26(20)15-29;1-7-2-4-8(5-3-7)13-10(15)12-6-9(11)14;1-7-5-3-2-4-6-7/h15-20H,4-14H2,1-3H3,(H,25,31);2-5H,6H2,1H3,(H2,11,14)(H2,12,13,15);2-6H,1H3. The summed E-state index contributed by atoms with van der Waals surface area (Å²) in [6.45, 7) is 10.8. The molecule has 3 aliphatic rings. The van der Waals surface area contributed by atoms with Crippen molar-refractivity contribution in [2.75, 3.05) is 31.5 Å². The van der Waals surface area contributed by atoms with Crippen molar-refractivity contribution in [3.05, 3.63) is 65.7 Å². The third-order valence-electron chi connectivity index (χ3n) is 9.53. The van der Waals surface area contributed by atoms with Crippen molar-refractivity contribution in [3.63, 3.8) is 0 Å². The lowest BCUT2D eigenvalue weighted by Crippen LogP contribution is -2.57. The number of nitrogens with zero attached hydrogens (tertiary/aromatic N) is 3. The number of anilines is 1. The van der Waals surface area contributed by atoms with E-state index in [1.165, 1.54) is 10.5 Å². The number of hydrogen-bond donors (Lipinski definition) is 4. The van der Waals surface area contributed by atoms with Gasteiger partial charge in [-0.25, -0.2) is 9.59 Å². The van der Waals surface area contributed by atoms with E-state index in [1.807, 2.05) is 51.1 Å². The Bertz CT molecular complexity index is 1620. The number of hydrogen-bond acceptors (Lipinski definition) is 8. The van der Waals surface area contributed by atoms with Gasteiger partial charge in [0.05, 0.1) is 13.0 Å². The predicted octanol–water partition coefficient (Wildman–Crippen LogP) is 3.42. The zero-order chi connectivity index (χ0) is 41.2. The van der Waals surface area contributed by atoms with Crippen LogP contribution in [0.25, 0.3) is 0 Å². The van der Waals surface area contributed by atoms with Crippen LogP contribution in [0, 0.1) is 13.8 Å². The number of esters is 1. The minimum atomic E-state index is -0.662. The highest BCUT2D eigenvalue weighted by Gasteiger charge is 2.41. The van der Waals surface area contributed by atoms with Crippen molar-refractivity contribution in [2.24, 2.45) is 5.73 Å². The summed E-state index contributed by atoms with van der Waals surface area (Å²) >= 11 is 0. The van der Waals surface area contributed by atoms with Crippen LogP contribution in [0.5, 0.6) is 0 Å². The molecule has 4 unspecified atom stereocenters. The summed E-state index contributed by atoms with van der Waals surface area (Å²) < 4.78 is 5.46. The van der Waals surface area contributed by atoms with Crippen molar-refractivity contribution in [3.8, 4) is 0 Å². The molecule has 5 rings (SSSR count). The van der Waals surface area contributed by atoms with Crippen molar-refractivity contribution in [1.29, 1.82) is 0 Å². The van der Waals surface area contributed by atoms with E-state index in [4.69, 9.17) is 10.5 Å². The molecule has 306 valence electrons. The zero-order valence-electron chi connectivity index (χ0n) is 33.3. The molecular weight excluding hydrogens is 718 g/mol. The Morgan fingerprint density at radius 2 is 1.39 bits per heavy atom. The Morgan fingerprint density at radius 3 is 2.00 bits per heavy atom. The number of amides is 7. The van der Waals surface area contributed by atoms with Crippen LogP contribution in [0.3, 0.4) is 0 Å². The molecule has 3 saturated heterocycles. The van der Waals surface area contributed by atoms with Crippen molar-refractivity contribution >= 4 is 47.7 Å². The fourth-order valence-corrected chi connectivity index (χ4v) is 6.73. The Hall–Kier alpha value is -5.47. The first-order chi connectivity index (χ1) is 26.7. The molecule has 7 amide bonds. The number of urea groups is 1. The lowest BCUT2D eigenvalue weighted by atomic mass is 9.99. The van der Waals surface area contributed by atoms with Gasteiger partial charge in [0.15, 0.2) is 0 Å². The van der Waals surface area contributed by atoms with E-state index in [-0.39, 0.29) is 36.7 Å². The van der Waals surface area contributed by atoms with E-state index < -0.39 is 42.1 Å². The molecule has 3 fully saturated rings. The van der Waals surface area contributed by atoms with Crippen LogP contribution in [0.1, 0.15) is 83.3 Å². The van der Waals surface area contributed by atoms with Gasteiger partial charge in [-0.05, 0) is 91.7 Å². The maximum absolute atomic E-state index is 13.5. The number of benzene rings is 2. The molecule has 0 saturated carbocycles. The van der Waals surface area contributed by atoms with Crippen LogP contribution in [-0.4, -0.2) is 113 Å². The number of likely N-dealkylation sites (tertiary alicyclic amines) is 3. The van der Waals surface area contributed by atoms with Crippen LogP contribution in [-0.2, 0) is 33.5 Å². The molecule has 56 heavy (non-hydrogen) atoms. The molecule has 3 aliphatic heterocycles. The second-order valence-electron chi connectivity index (χ2n) is 14.7. The van der Waals surface area contributed by atoms with Gasteiger partial charge in [0.1, 0.15) is 24.2 Å². The number of ether oxygens (including phenoxy) is 1. The zero-order valence-corrected chi connectivity index (χ0v) is 33.3. The van der Waals surface area contributed by atoms with Gasteiger partial charge in [-0.3, -0.25) is 24.0 Å². The molecule has 0 spiro atoms. The highest BCUT2D eigenvalue weighted by atomic mass is 16.5. The van der Waals surface area contributed by atoms with E-state index in [2.05, 4.69) is 35.0 Å². The largest absolute Gasteiger partial charge is 0.461 e. The second-order valence-corrected chi connectivity index (χ2v) is 14.7. The summed E-state index contributed by atoms with van der Waals surface area (Å²) in [5.74, 6) is -1.63. The molecule has 3 heterocycles. The van der Waals surface area contributed by atoms with E-state index in [0.717, 1.165) is 24.8 Å². The van der Waals surface area contributed by atoms with Gasteiger partial charge < -0.3 is 41.1 Å². The number of primary amides is 1. The third-order valence-corrected chi connectivity index (χ3v) is 9.53. The molecule has 15 nitrogen and oxygen atoms in total. The number of aryl methyl sites for hydroxylation is 2. The molecule has 0 radical (unpaired) electrons. The van der Waals surface area contributed by atoms with Gasteiger partial charge in [-0.15, -0.1) is 0 Å². The van der Waals surface area contributed by atoms with Crippen LogP contribution in [0.15, 0.2) is 54.6 Å². The van der Waals surface area contributed by atoms with Gasteiger partial charge in [-0.2, -0.15) is 0 Å². The molecular formula is C41H59N7O8. The van der Waals surface area contributed by atoms with Crippen LogP contribution in [0.2, 0.25) is 0 Å². The molecule has 0 aliphatic carbocycles. The molecule has 4 atom stereocenters. The Kier molecular flexibility index (Phi) is 18.3. The second kappa shape index (κ2) is 22.8. The molecule has 0 aromatic heterocycles. The van der Waals surface area contributed by atoms with Gasteiger partial charge in [-0.1, -0.05) is 53.6 Å². The fourth-order valence-electron chi connectivity index (χ4n) is 6.73. The normalized spacial score (nSPS) is 19.3. The maximum Gasteiger partial charge on any atom is 0.329 e. The summed E-state index contributed by atoms with van der Waals surface area (Å²) in [7, 11) is 0. The summed E-state index contributed by atoms with van der Waals surface area (Å²) in [6.07, 6.45) is 4.89. The Balaban J connectivity index is 0.000000311. The SMILES string of the molecule is CC(C)NC(=O)C1CCCCN1C(=O)C1CCCN1C(=O)CC(C)OC(=O)C1CCCN1C=O.Cc1ccc(NC(=O)NCC(N)=O)cc1.Cc1ccccc1. The summed E-state index contributed by atoms with van der Waals surface area (Å²) in [5.41, 5.74) is 7.97. The van der Waals surface area contributed by atoms with Crippen molar-refractivity contribution < 1.29 is 38.3 Å². The molecule has 15 heteroatoms. The van der Waals surface area contributed by atoms with Crippen molar-refractivity contribution in [2.45, 2.75) is 116 Å². The van der Waals surface area contributed by atoms with Gasteiger partial charge in [0, 0.05) is 31.4 Å². The minimum absolute atomic E-state index is 0.0111. The van der Waals surface area contributed by atoms with Crippen molar-refractivity contribution in [1.82, 2.24) is 25.3 Å². The first-order valence-corrected chi connectivity index (χ1v) is 19.4. The monoisotopic (exact) mass is 777 g/mol. The summed E-state index contributed by atoms with van der Waals surface area (Å²) in [4.78, 5) is 88.9. The lowest BCUT2D eigenvalue weighted by Gasteiger charge is -2.38. The maximum atomic E-state index is 13.5. The van der Waals surface area contributed by atoms with Gasteiger partial charge >= 0.3 is 12.0 Å². The first-order valence-electron chi connectivity index (χ1n) is 19.4. The van der Waals surface area contributed by atoms with Gasteiger partial charge in [0.2, 0.25) is 30.0 Å². The van der Waals surface area contributed by atoms with E-state index in [9.17, 15) is 33.6 Å². The van der Waals surface area contributed by atoms with Gasteiger partial charge in [0.25, 0.3) is 0 Å². The number of carbonyl (C=O) groups is 7. The number of carbonyl (C=O) groups excluding carboxylic acids is 7. The van der Waals surface area contributed by atoms with Crippen LogP contribution < -0.4 is 21.7 Å². The smallest absolute Gasteiger partial charge is 0.329 e. The highest BCUT2D eigenvalue weighted by Crippen LogP contribution is 2.26. The first kappa shape index (κ1) is 44.9. The number of nitrogens with one attached hydrogen (secondary N) is 3. The van der Waals surface area contributed by atoms with E-state index in [0.29, 0.717) is 57.4 Å². The molecule has 2 aromatic rings. The third kappa shape index (κ3) is 14.6. The minimum Gasteiger partial charge on any atom is -0.461 e. The topological polar surface area (TPSA) is 201 Å². The Labute approximate surface area is 330 Å². The number of piperidine rings is 1. The molecule has 5 N–H and O–H groups in total. The average molecular weight is 778 g/mol. The Morgan fingerprint density at radius 1 is 0.786 bits per heavy atom. The molecule has 2 aromatic carbocycles. The quantitative estimate of drug-likeness (QED) is 0.196. The van der Waals surface area contributed by atoms with E-state index in [1.54, 1.807) is 28.9 Å². The van der Waals surface area contributed by atoms with E-state index >= 15 is 0 Å². The van der Waals surface area contributed by atoms with Crippen LogP contribution >= 0.6 is 0 Å². The van der Waals surface area contributed by atoms with Crippen LogP contribution in [0.4, 0.5) is 10.5 Å². The average Bonchev–Trinajstić information content (AvgIpc) is 3.86. The summed E-state index contributed by atoms with van der Waals surface area (Å²) in [5, 5.41) is 7.80. The number of nitrogens with two attached hydrogens (primary N) is 1. The number of rotatable bonds is 11. The highest BCUT2D eigenvalue weighted by molar-refractivity contribution is 5.93. The fraction of sp³-hybridized carbons (Fsp3) is 0.537. The summed E-state index contributed by atoms with van der Waals surface area (Å²) in [6, 6.07) is 15.4. The molecule has 0 bridgehead atoms. The predicted molar refractivity (Wildman–Crippen MR) is 212 cm³/mol.